The van der Waals surface area contributed by atoms with Gasteiger partial charge in [-0.2, -0.15) is 0 Å². The third-order valence-corrected chi connectivity index (χ3v) is 4.35. The highest BCUT2D eigenvalue weighted by Crippen LogP contribution is 2.28. The highest BCUT2D eigenvalue weighted by atomic mass is 19.1. The molecule has 0 unspecified atom stereocenters. The van der Waals surface area contributed by atoms with Crippen LogP contribution in [0.4, 0.5) is 4.39 Å². The Balaban J connectivity index is 1.91. The van der Waals surface area contributed by atoms with Gasteiger partial charge in [-0.25, -0.2) is 9.37 Å². The van der Waals surface area contributed by atoms with Gasteiger partial charge in [0.1, 0.15) is 17.7 Å². The Labute approximate surface area is 129 Å². The van der Waals surface area contributed by atoms with E-state index in [1.54, 1.807) is 30.6 Å². The smallest absolute Gasteiger partial charge is 0.223 e. The molecule has 0 saturated heterocycles. The van der Waals surface area contributed by atoms with Crippen molar-refractivity contribution >= 4 is 5.91 Å². The van der Waals surface area contributed by atoms with E-state index in [-0.39, 0.29) is 17.6 Å². The van der Waals surface area contributed by atoms with E-state index in [1.807, 2.05) is 11.6 Å². The monoisotopic (exact) mass is 301 g/mol. The fourth-order valence-corrected chi connectivity index (χ4v) is 3.09. The summed E-state index contributed by atoms with van der Waals surface area (Å²) < 4.78 is 16.0. The molecule has 1 N–H and O–H groups in total. The molecule has 0 spiro atoms. The van der Waals surface area contributed by atoms with Crippen LogP contribution in [0, 0.1) is 11.7 Å². The van der Waals surface area contributed by atoms with Crippen LogP contribution in [0.15, 0.2) is 36.7 Å². The molecule has 3 rings (SSSR count). The minimum absolute atomic E-state index is 0.00578. The molecule has 1 aliphatic carbocycles. The van der Waals surface area contributed by atoms with Crippen molar-refractivity contribution in [3.8, 4) is 0 Å². The van der Waals surface area contributed by atoms with Gasteiger partial charge >= 0.3 is 0 Å². The predicted octanol–water partition coefficient (Wildman–Crippen LogP) is 2.96. The SMILES string of the molecule is Cn1ccnc1[C@H](NC(=O)C1CCCC1)c1ccccc1F. The molecule has 0 radical (unpaired) electrons. The van der Waals surface area contributed by atoms with Crippen LogP contribution in [-0.2, 0) is 11.8 Å². The van der Waals surface area contributed by atoms with Gasteiger partial charge in [0, 0.05) is 30.9 Å². The van der Waals surface area contributed by atoms with E-state index < -0.39 is 6.04 Å². The molecule has 2 aromatic rings. The average Bonchev–Trinajstić information content (AvgIpc) is 3.17. The molecule has 1 fully saturated rings. The van der Waals surface area contributed by atoms with E-state index in [9.17, 15) is 9.18 Å². The van der Waals surface area contributed by atoms with Crippen LogP contribution in [0.1, 0.15) is 43.1 Å². The number of imidazole rings is 1. The molecule has 5 heteroatoms. The van der Waals surface area contributed by atoms with Gasteiger partial charge < -0.3 is 9.88 Å². The van der Waals surface area contributed by atoms with Gasteiger partial charge in [-0.3, -0.25) is 4.79 Å². The maximum absolute atomic E-state index is 14.2. The highest BCUT2D eigenvalue weighted by Gasteiger charge is 2.28. The first-order chi connectivity index (χ1) is 10.7. The number of hydrogen-bond acceptors (Lipinski definition) is 2. The Morgan fingerprint density at radius 2 is 2.09 bits per heavy atom. The minimum atomic E-state index is -0.561. The zero-order valence-electron chi connectivity index (χ0n) is 12.6. The van der Waals surface area contributed by atoms with Gasteiger partial charge in [-0.05, 0) is 18.9 Å². The summed E-state index contributed by atoms with van der Waals surface area (Å²) in [5, 5.41) is 3.00. The molecule has 116 valence electrons. The number of nitrogens with zero attached hydrogens (tertiary/aromatic N) is 2. The quantitative estimate of drug-likeness (QED) is 0.944. The van der Waals surface area contributed by atoms with E-state index in [0.717, 1.165) is 25.7 Å². The first kappa shape index (κ1) is 14.8. The number of carbonyl (C=O) groups is 1. The molecule has 22 heavy (non-hydrogen) atoms. The number of benzene rings is 1. The lowest BCUT2D eigenvalue weighted by Gasteiger charge is -2.21. The van der Waals surface area contributed by atoms with Crippen LogP contribution < -0.4 is 5.32 Å². The minimum Gasteiger partial charge on any atom is -0.342 e. The third-order valence-electron chi connectivity index (χ3n) is 4.35. The number of amides is 1. The Bertz CT molecular complexity index is 661. The first-order valence-electron chi connectivity index (χ1n) is 7.69. The van der Waals surface area contributed by atoms with Crippen LogP contribution in [0.2, 0.25) is 0 Å². The maximum Gasteiger partial charge on any atom is 0.223 e. The van der Waals surface area contributed by atoms with Crippen molar-refractivity contribution in [3.05, 3.63) is 53.9 Å². The summed E-state index contributed by atoms with van der Waals surface area (Å²) in [5.74, 6) is 0.335. The van der Waals surface area contributed by atoms with Crippen LogP contribution in [0.5, 0.6) is 0 Å². The first-order valence-corrected chi connectivity index (χ1v) is 7.69. The van der Waals surface area contributed by atoms with Crippen molar-refractivity contribution < 1.29 is 9.18 Å². The molecular formula is C17H20FN3O. The lowest BCUT2D eigenvalue weighted by atomic mass is 10.0. The number of nitrogens with one attached hydrogen (secondary N) is 1. The lowest BCUT2D eigenvalue weighted by Crippen LogP contribution is -2.35. The molecule has 1 heterocycles. The zero-order chi connectivity index (χ0) is 15.5. The Morgan fingerprint density at radius 3 is 2.73 bits per heavy atom. The second kappa shape index (κ2) is 6.30. The van der Waals surface area contributed by atoms with Gasteiger partial charge in [0.2, 0.25) is 5.91 Å². The van der Waals surface area contributed by atoms with Gasteiger partial charge in [-0.1, -0.05) is 31.0 Å². The van der Waals surface area contributed by atoms with Crippen molar-refractivity contribution in [1.82, 2.24) is 14.9 Å². The summed E-state index contributed by atoms with van der Waals surface area (Å²) in [6, 6.07) is 5.97. The third kappa shape index (κ3) is 2.89. The van der Waals surface area contributed by atoms with Gasteiger partial charge in [-0.15, -0.1) is 0 Å². The molecule has 1 aromatic heterocycles. The summed E-state index contributed by atoms with van der Waals surface area (Å²) in [4.78, 5) is 16.8. The molecule has 1 saturated carbocycles. The van der Waals surface area contributed by atoms with Crippen molar-refractivity contribution in [2.45, 2.75) is 31.7 Å². The van der Waals surface area contributed by atoms with Crippen LogP contribution in [-0.4, -0.2) is 15.5 Å². The summed E-state index contributed by atoms with van der Waals surface area (Å²) in [5.41, 5.74) is 0.447. The second-order valence-electron chi connectivity index (χ2n) is 5.84. The number of carbonyl (C=O) groups excluding carboxylic acids is 1. The topological polar surface area (TPSA) is 46.9 Å². The number of aryl methyl sites for hydroxylation is 1. The number of rotatable bonds is 4. The lowest BCUT2D eigenvalue weighted by molar-refractivity contribution is -0.125. The largest absolute Gasteiger partial charge is 0.342 e. The number of aromatic nitrogens is 2. The zero-order valence-corrected chi connectivity index (χ0v) is 12.6. The van der Waals surface area contributed by atoms with Gasteiger partial charge in [0.05, 0.1) is 0 Å². The summed E-state index contributed by atoms with van der Waals surface area (Å²) >= 11 is 0. The van der Waals surface area contributed by atoms with Crippen molar-refractivity contribution in [1.29, 1.82) is 0 Å². The second-order valence-corrected chi connectivity index (χ2v) is 5.84. The van der Waals surface area contributed by atoms with E-state index >= 15 is 0 Å². The molecule has 0 bridgehead atoms. The molecule has 1 amide bonds. The fraction of sp³-hybridized carbons (Fsp3) is 0.412. The number of hydrogen-bond donors (Lipinski definition) is 1. The molecule has 1 aliphatic rings. The van der Waals surface area contributed by atoms with E-state index in [4.69, 9.17) is 0 Å². The summed E-state index contributed by atoms with van der Waals surface area (Å²) in [6.45, 7) is 0. The summed E-state index contributed by atoms with van der Waals surface area (Å²) in [7, 11) is 1.85. The fourth-order valence-electron chi connectivity index (χ4n) is 3.09. The molecule has 0 aliphatic heterocycles. The van der Waals surface area contributed by atoms with Crippen molar-refractivity contribution in [2.75, 3.05) is 0 Å². The predicted molar refractivity (Wildman–Crippen MR) is 81.6 cm³/mol. The average molecular weight is 301 g/mol. The highest BCUT2D eigenvalue weighted by molar-refractivity contribution is 5.79. The van der Waals surface area contributed by atoms with Crippen molar-refractivity contribution in [3.63, 3.8) is 0 Å². The van der Waals surface area contributed by atoms with Gasteiger partial charge in [0.25, 0.3) is 0 Å². The Morgan fingerprint density at radius 1 is 1.36 bits per heavy atom. The normalized spacial score (nSPS) is 16.6. The van der Waals surface area contributed by atoms with E-state index in [2.05, 4.69) is 10.3 Å². The van der Waals surface area contributed by atoms with Gasteiger partial charge in [0.15, 0.2) is 0 Å². The van der Waals surface area contributed by atoms with E-state index in [1.165, 1.54) is 6.07 Å². The van der Waals surface area contributed by atoms with Crippen LogP contribution in [0.25, 0.3) is 0 Å². The molecule has 1 aromatic carbocycles. The van der Waals surface area contributed by atoms with Crippen LogP contribution >= 0.6 is 0 Å². The van der Waals surface area contributed by atoms with Crippen LogP contribution in [0.3, 0.4) is 0 Å². The van der Waals surface area contributed by atoms with Crippen molar-refractivity contribution in [2.24, 2.45) is 13.0 Å². The van der Waals surface area contributed by atoms with E-state index in [0.29, 0.717) is 11.4 Å². The Hall–Kier alpha value is -2.17. The molecule has 1 atom stereocenters. The Kier molecular flexibility index (Phi) is 4.22. The maximum atomic E-state index is 14.2. The molecular weight excluding hydrogens is 281 g/mol. The summed E-state index contributed by atoms with van der Waals surface area (Å²) in [6.07, 6.45) is 7.46. The number of halogens is 1. The molecule has 4 nitrogen and oxygen atoms in total. The standard InChI is InChI=1S/C17H20FN3O/c1-21-11-10-19-16(21)15(13-8-4-5-9-14(13)18)20-17(22)12-6-2-3-7-12/h4-5,8-12,15H,2-3,6-7H2,1H3,(H,20,22)/t15-/m1/s1.